The lowest BCUT2D eigenvalue weighted by atomic mass is 10.3. The van der Waals surface area contributed by atoms with Crippen molar-refractivity contribution in [1.82, 2.24) is 4.72 Å². The smallest absolute Gasteiger partial charge is 0.398 e. The van der Waals surface area contributed by atoms with Gasteiger partial charge in [-0.1, -0.05) is 0 Å². The molecule has 0 aliphatic rings. The number of anilines is 1. The number of nitrogens with two attached hydrogens (primary N) is 1. The van der Waals surface area contributed by atoms with Crippen molar-refractivity contribution in [2.24, 2.45) is 0 Å². The summed E-state index contributed by atoms with van der Waals surface area (Å²) in [4.78, 5) is -0.0924. The molecule has 0 fully saturated rings. The van der Waals surface area contributed by atoms with Crippen molar-refractivity contribution < 1.29 is 21.6 Å². The molecule has 0 heterocycles. The molecule has 0 aromatic heterocycles. The van der Waals surface area contributed by atoms with E-state index in [1.807, 2.05) is 0 Å². The lowest BCUT2D eigenvalue weighted by Gasteiger charge is -2.09. The summed E-state index contributed by atoms with van der Waals surface area (Å²) in [5, 5.41) is 0. The van der Waals surface area contributed by atoms with Crippen molar-refractivity contribution in [3.05, 3.63) is 22.7 Å². The summed E-state index contributed by atoms with van der Waals surface area (Å²) in [5.41, 5.74) is 1.40. The predicted octanol–water partition coefficient (Wildman–Crippen LogP) is 2.56. The Morgan fingerprint density at radius 2 is 2.00 bits per heavy atom. The Balaban J connectivity index is 2.63. The average molecular weight is 379 g/mol. The molecule has 0 saturated heterocycles. The molecule has 1 aromatic rings. The number of hydrogen-bond donors (Lipinski definition) is 2. The highest BCUT2D eigenvalue weighted by Crippen LogP contribution is 2.29. The maximum atomic E-state index is 11.9. The minimum Gasteiger partial charge on any atom is -0.398 e. The van der Waals surface area contributed by atoms with Crippen LogP contribution in [0.4, 0.5) is 18.9 Å². The third-order valence-electron chi connectivity index (χ3n) is 1.94. The monoisotopic (exact) mass is 378 g/mol. The first kappa shape index (κ1) is 16.6. The number of benzene rings is 1. The Morgan fingerprint density at radius 3 is 2.53 bits per heavy atom. The van der Waals surface area contributed by atoms with Gasteiger partial charge >= 0.3 is 5.51 Å². The number of sulfonamides is 1. The molecule has 0 radical (unpaired) electrons. The summed E-state index contributed by atoms with van der Waals surface area (Å²) in [6.45, 7) is -0.317. The predicted molar refractivity (Wildman–Crippen MR) is 72.3 cm³/mol. The van der Waals surface area contributed by atoms with E-state index in [1.54, 1.807) is 0 Å². The van der Waals surface area contributed by atoms with E-state index in [0.29, 0.717) is 4.47 Å². The van der Waals surface area contributed by atoms with Crippen molar-refractivity contribution in [1.29, 1.82) is 0 Å². The van der Waals surface area contributed by atoms with Crippen molar-refractivity contribution in [2.75, 3.05) is 18.0 Å². The minimum atomic E-state index is -4.37. The molecule has 1 rings (SSSR count). The zero-order valence-electron chi connectivity index (χ0n) is 9.37. The highest BCUT2D eigenvalue weighted by Gasteiger charge is 2.27. The molecule has 0 aliphatic carbocycles. The van der Waals surface area contributed by atoms with Gasteiger partial charge in [0.15, 0.2) is 0 Å². The summed E-state index contributed by atoms with van der Waals surface area (Å²) >= 11 is 2.83. The van der Waals surface area contributed by atoms with Crippen molar-refractivity contribution in [2.45, 2.75) is 10.4 Å². The first-order valence-electron chi connectivity index (χ1n) is 4.87. The van der Waals surface area contributed by atoms with Crippen LogP contribution in [0.15, 0.2) is 27.6 Å². The normalized spacial score (nSPS) is 12.6. The molecule has 0 spiro atoms. The Hall–Kier alpha value is -0.450. The van der Waals surface area contributed by atoms with Gasteiger partial charge in [-0.3, -0.25) is 0 Å². The van der Waals surface area contributed by atoms with E-state index >= 15 is 0 Å². The van der Waals surface area contributed by atoms with Gasteiger partial charge in [-0.2, -0.15) is 13.2 Å². The van der Waals surface area contributed by atoms with Gasteiger partial charge in [-0.05, 0) is 45.9 Å². The second kappa shape index (κ2) is 6.33. The largest absolute Gasteiger partial charge is 0.441 e. The summed E-state index contributed by atoms with van der Waals surface area (Å²) in [5.74, 6) is -0.394. The van der Waals surface area contributed by atoms with Crippen LogP contribution in [-0.4, -0.2) is 26.2 Å². The quantitative estimate of drug-likeness (QED) is 0.609. The Labute approximate surface area is 121 Å². The van der Waals surface area contributed by atoms with E-state index in [2.05, 4.69) is 20.7 Å². The molecular formula is C9H10BrF3N2O2S2. The third-order valence-corrected chi connectivity index (χ3v) is 4.85. The highest BCUT2D eigenvalue weighted by atomic mass is 79.9. The number of nitrogen functional groups attached to an aromatic ring is 1. The van der Waals surface area contributed by atoms with Crippen LogP contribution < -0.4 is 10.5 Å². The van der Waals surface area contributed by atoms with Crippen LogP contribution in [0, 0.1) is 0 Å². The van der Waals surface area contributed by atoms with Gasteiger partial charge in [-0.25, -0.2) is 13.1 Å². The van der Waals surface area contributed by atoms with E-state index in [1.165, 1.54) is 18.2 Å². The standard InChI is InChI=1S/C9H10BrF3N2O2S2/c10-7-2-1-6(5-8(7)14)19(16,17)15-3-4-18-9(11,12)13/h1-2,5,15H,3-4,14H2. The molecular weight excluding hydrogens is 369 g/mol. The molecule has 10 heteroatoms. The topological polar surface area (TPSA) is 72.2 Å². The van der Waals surface area contributed by atoms with Gasteiger partial charge < -0.3 is 5.73 Å². The zero-order chi connectivity index (χ0) is 14.7. The fourth-order valence-corrected chi connectivity index (χ4v) is 2.99. The van der Waals surface area contributed by atoms with Gasteiger partial charge in [-0.15, -0.1) is 0 Å². The van der Waals surface area contributed by atoms with Gasteiger partial charge in [0.25, 0.3) is 0 Å². The second-order valence-electron chi connectivity index (χ2n) is 3.38. The fourth-order valence-electron chi connectivity index (χ4n) is 1.12. The molecule has 3 N–H and O–H groups in total. The summed E-state index contributed by atoms with van der Waals surface area (Å²) in [6.07, 6.45) is 0. The molecule has 0 saturated carbocycles. The van der Waals surface area contributed by atoms with E-state index in [4.69, 9.17) is 5.73 Å². The number of hydrogen-bond acceptors (Lipinski definition) is 4. The van der Waals surface area contributed by atoms with Crippen LogP contribution in [0.2, 0.25) is 0 Å². The highest BCUT2D eigenvalue weighted by molar-refractivity contribution is 9.10. The van der Waals surface area contributed by atoms with Crippen molar-refractivity contribution in [3.8, 4) is 0 Å². The number of thioether (sulfide) groups is 1. The van der Waals surface area contributed by atoms with Gasteiger partial charge in [0.05, 0.1) is 4.90 Å². The van der Waals surface area contributed by atoms with Crippen LogP contribution >= 0.6 is 27.7 Å². The third kappa shape index (κ3) is 5.59. The van der Waals surface area contributed by atoms with Crippen LogP contribution in [0.25, 0.3) is 0 Å². The maximum absolute atomic E-state index is 11.9. The first-order chi connectivity index (χ1) is 8.62. The molecule has 0 atom stereocenters. The van der Waals surface area contributed by atoms with Gasteiger partial charge in [0, 0.05) is 22.5 Å². The first-order valence-corrected chi connectivity index (χ1v) is 8.13. The zero-order valence-corrected chi connectivity index (χ0v) is 12.6. The molecule has 0 amide bonds. The van der Waals surface area contributed by atoms with E-state index in [-0.39, 0.29) is 28.9 Å². The summed E-state index contributed by atoms with van der Waals surface area (Å²) in [6, 6.07) is 3.98. The Morgan fingerprint density at radius 1 is 1.37 bits per heavy atom. The van der Waals surface area contributed by atoms with Crippen LogP contribution in [0.3, 0.4) is 0 Å². The lowest BCUT2D eigenvalue weighted by molar-refractivity contribution is -0.0327. The molecule has 4 nitrogen and oxygen atoms in total. The Kier molecular flexibility index (Phi) is 5.53. The Bertz CT molecular complexity index is 549. The van der Waals surface area contributed by atoms with Gasteiger partial charge in [0.1, 0.15) is 0 Å². The molecule has 108 valence electrons. The average Bonchev–Trinajstić information content (AvgIpc) is 2.27. The number of alkyl halides is 3. The van der Waals surface area contributed by atoms with Crippen LogP contribution in [0.1, 0.15) is 0 Å². The molecule has 0 bridgehead atoms. The van der Waals surface area contributed by atoms with E-state index in [0.717, 1.165) is 0 Å². The number of halogens is 4. The molecule has 1 aromatic carbocycles. The molecule has 0 aliphatic heterocycles. The van der Waals surface area contributed by atoms with E-state index < -0.39 is 21.3 Å². The van der Waals surface area contributed by atoms with Crippen molar-refractivity contribution >= 4 is 43.4 Å². The minimum absolute atomic E-state index is 0.0924. The van der Waals surface area contributed by atoms with Crippen LogP contribution in [0.5, 0.6) is 0 Å². The SMILES string of the molecule is Nc1cc(S(=O)(=O)NCCSC(F)(F)F)ccc1Br. The number of nitrogens with one attached hydrogen (secondary N) is 1. The maximum Gasteiger partial charge on any atom is 0.441 e. The molecule has 19 heavy (non-hydrogen) atoms. The second-order valence-corrected chi connectivity index (χ2v) is 7.16. The summed E-state index contributed by atoms with van der Waals surface area (Å²) in [7, 11) is -3.85. The molecule has 0 unspecified atom stereocenters. The lowest BCUT2D eigenvalue weighted by Crippen LogP contribution is -2.26. The summed E-state index contributed by atoms with van der Waals surface area (Å²) < 4.78 is 61.7. The van der Waals surface area contributed by atoms with Crippen LogP contribution in [-0.2, 0) is 10.0 Å². The van der Waals surface area contributed by atoms with E-state index in [9.17, 15) is 21.6 Å². The fraction of sp³-hybridized carbons (Fsp3) is 0.333. The van der Waals surface area contributed by atoms with Crippen molar-refractivity contribution in [3.63, 3.8) is 0 Å². The number of rotatable bonds is 5. The van der Waals surface area contributed by atoms with Gasteiger partial charge in [0.2, 0.25) is 10.0 Å².